The molecule has 5 rings (SSSR count). The average Bonchev–Trinajstić information content (AvgIpc) is 3.28. The summed E-state index contributed by atoms with van der Waals surface area (Å²) >= 11 is 0. The first kappa shape index (κ1) is 16.7. The molecule has 0 aliphatic carbocycles. The summed E-state index contributed by atoms with van der Waals surface area (Å²) in [6, 6.07) is 13.1. The van der Waals surface area contributed by atoms with Crippen molar-refractivity contribution in [3.63, 3.8) is 0 Å². The Bertz CT molecular complexity index is 1170. The molecule has 1 fully saturated rings. The fraction of sp³-hybridized carbons (Fsp3) is 0.238. The number of hydrogen-bond donors (Lipinski definition) is 2. The second kappa shape index (κ2) is 6.30. The Morgan fingerprint density at radius 3 is 2.57 bits per heavy atom. The lowest BCUT2D eigenvalue weighted by Gasteiger charge is -2.29. The van der Waals surface area contributed by atoms with Crippen LogP contribution in [-0.4, -0.2) is 38.8 Å². The van der Waals surface area contributed by atoms with Gasteiger partial charge in [0.05, 0.1) is 0 Å². The van der Waals surface area contributed by atoms with Crippen molar-refractivity contribution in [2.24, 2.45) is 0 Å². The zero-order valence-corrected chi connectivity index (χ0v) is 15.1. The Morgan fingerprint density at radius 1 is 1.04 bits per heavy atom. The van der Waals surface area contributed by atoms with Crippen molar-refractivity contribution in [2.45, 2.75) is 19.3 Å². The summed E-state index contributed by atoms with van der Waals surface area (Å²) in [5.74, 6) is -0.224. The number of fused-ring (bicyclic) bond motifs is 2. The van der Waals surface area contributed by atoms with Gasteiger partial charge < -0.3 is 19.5 Å². The summed E-state index contributed by atoms with van der Waals surface area (Å²) in [5, 5.41) is 21.1. The van der Waals surface area contributed by atoms with Crippen LogP contribution in [0.4, 0.5) is 5.82 Å². The van der Waals surface area contributed by atoms with Crippen LogP contribution in [0.1, 0.15) is 29.6 Å². The zero-order chi connectivity index (χ0) is 19.3. The number of para-hydroxylation sites is 1. The van der Waals surface area contributed by atoms with Gasteiger partial charge in [-0.3, -0.25) is 0 Å². The number of furan rings is 1. The Morgan fingerprint density at radius 2 is 1.82 bits per heavy atom. The van der Waals surface area contributed by atoms with Crippen LogP contribution in [0.2, 0.25) is 0 Å². The largest absolute Gasteiger partial charge is 0.493 e. The molecule has 1 aromatic carbocycles. The summed E-state index contributed by atoms with van der Waals surface area (Å²) in [6.45, 7) is 1.82. The molecule has 2 N–H and O–H groups in total. The van der Waals surface area contributed by atoms with Gasteiger partial charge in [-0.25, -0.2) is 9.36 Å². The van der Waals surface area contributed by atoms with Crippen molar-refractivity contribution in [1.82, 2.24) is 9.55 Å². The zero-order valence-electron chi connectivity index (χ0n) is 15.1. The quantitative estimate of drug-likeness (QED) is 0.557. The number of nitrogens with zero attached hydrogens (tertiary/aromatic N) is 3. The summed E-state index contributed by atoms with van der Waals surface area (Å²) in [4.78, 5) is 17.9. The number of carboxylic acids is 1. The van der Waals surface area contributed by atoms with E-state index in [1.54, 1.807) is 0 Å². The fourth-order valence-electron chi connectivity index (χ4n) is 3.92. The molecule has 142 valence electrons. The normalized spacial score (nSPS) is 14.8. The van der Waals surface area contributed by atoms with Crippen LogP contribution in [0.15, 0.2) is 46.9 Å². The van der Waals surface area contributed by atoms with E-state index in [2.05, 4.69) is 9.88 Å². The van der Waals surface area contributed by atoms with Gasteiger partial charge in [-0.1, -0.05) is 18.2 Å². The van der Waals surface area contributed by atoms with Gasteiger partial charge >= 0.3 is 5.97 Å². The minimum Gasteiger partial charge on any atom is -0.493 e. The van der Waals surface area contributed by atoms with Gasteiger partial charge in [0.2, 0.25) is 11.8 Å². The van der Waals surface area contributed by atoms with Crippen LogP contribution in [0, 0.1) is 0 Å². The second-order valence-corrected chi connectivity index (χ2v) is 7.09. The molecule has 28 heavy (non-hydrogen) atoms. The third-order valence-corrected chi connectivity index (χ3v) is 5.28. The first-order valence-corrected chi connectivity index (χ1v) is 9.34. The molecule has 0 saturated carbocycles. The number of carboxylic acid groups (broad SMARTS) is 1. The van der Waals surface area contributed by atoms with Crippen molar-refractivity contribution in [3.05, 3.63) is 48.0 Å². The number of pyridine rings is 1. The van der Waals surface area contributed by atoms with E-state index in [1.807, 2.05) is 41.0 Å². The van der Waals surface area contributed by atoms with Gasteiger partial charge in [0, 0.05) is 29.9 Å². The third kappa shape index (κ3) is 2.58. The maximum Gasteiger partial charge on any atom is 0.341 e. The number of benzene rings is 1. The number of aromatic hydroxyl groups is 1. The Balaban J connectivity index is 1.78. The predicted octanol–water partition coefficient (Wildman–Crippen LogP) is 4.17. The lowest BCUT2D eigenvalue weighted by molar-refractivity contribution is 0.0693. The number of rotatable bonds is 3. The first-order chi connectivity index (χ1) is 13.6. The number of anilines is 1. The third-order valence-electron chi connectivity index (χ3n) is 5.28. The van der Waals surface area contributed by atoms with E-state index in [1.165, 1.54) is 12.5 Å². The number of aromatic nitrogens is 2. The summed E-state index contributed by atoms with van der Waals surface area (Å²) in [7, 11) is 0. The molecule has 0 atom stereocenters. The maximum absolute atomic E-state index is 11.4. The summed E-state index contributed by atoms with van der Waals surface area (Å²) < 4.78 is 7.93. The van der Waals surface area contributed by atoms with E-state index >= 15 is 0 Å². The second-order valence-electron chi connectivity index (χ2n) is 7.09. The molecule has 0 radical (unpaired) electrons. The van der Waals surface area contributed by atoms with E-state index in [0.717, 1.165) is 42.7 Å². The average molecular weight is 377 g/mol. The van der Waals surface area contributed by atoms with Gasteiger partial charge in [-0.2, -0.15) is 4.98 Å². The molecule has 1 saturated heterocycles. The van der Waals surface area contributed by atoms with E-state index in [0.29, 0.717) is 16.9 Å². The lowest BCUT2D eigenvalue weighted by atomic mass is 10.1. The van der Waals surface area contributed by atoms with Crippen LogP contribution < -0.4 is 4.90 Å². The molecular weight excluding hydrogens is 358 g/mol. The minimum absolute atomic E-state index is 0.209. The number of aromatic carboxylic acids is 1. The molecule has 4 aromatic rings. The molecule has 4 heterocycles. The number of hydrogen-bond acceptors (Lipinski definition) is 5. The summed E-state index contributed by atoms with van der Waals surface area (Å²) in [6.07, 6.45) is 3.39. The molecule has 3 aromatic heterocycles. The van der Waals surface area contributed by atoms with Gasteiger partial charge in [0.15, 0.2) is 5.65 Å². The van der Waals surface area contributed by atoms with Crippen molar-refractivity contribution in [3.8, 4) is 11.8 Å². The van der Waals surface area contributed by atoms with Crippen molar-refractivity contribution >= 4 is 33.8 Å². The highest BCUT2D eigenvalue weighted by molar-refractivity contribution is 5.96. The molecular formula is C21H19N3O4. The van der Waals surface area contributed by atoms with E-state index < -0.39 is 11.8 Å². The van der Waals surface area contributed by atoms with Gasteiger partial charge in [0.1, 0.15) is 17.0 Å². The molecule has 0 bridgehead atoms. The first-order valence-electron chi connectivity index (χ1n) is 9.34. The lowest BCUT2D eigenvalue weighted by Crippen LogP contribution is -2.30. The maximum atomic E-state index is 11.4. The number of carbonyl (C=O) groups is 1. The van der Waals surface area contributed by atoms with E-state index in [-0.39, 0.29) is 5.56 Å². The van der Waals surface area contributed by atoms with Crippen LogP contribution in [-0.2, 0) is 0 Å². The van der Waals surface area contributed by atoms with Crippen molar-refractivity contribution < 1.29 is 19.4 Å². The van der Waals surface area contributed by atoms with E-state index in [4.69, 9.17) is 4.42 Å². The molecule has 1 aliphatic rings. The highest BCUT2D eigenvalue weighted by Crippen LogP contribution is 2.35. The molecule has 1 aliphatic heterocycles. The molecule has 0 unspecified atom stereocenters. The van der Waals surface area contributed by atoms with Crippen molar-refractivity contribution in [2.75, 3.05) is 18.0 Å². The van der Waals surface area contributed by atoms with Crippen LogP contribution in [0.5, 0.6) is 5.88 Å². The SMILES string of the molecule is O=C(O)c1cc2cc(N3CCCCC3)n(-c3cc4ccccc4o3)c2nc1O. The Labute approximate surface area is 160 Å². The highest BCUT2D eigenvalue weighted by Gasteiger charge is 2.23. The topological polar surface area (TPSA) is 91.7 Å². The monoisotopic (exact) mass is 377 g/mol. The molecule has 7 nitrogen and oxygen atoms in total. The van der Waals surface area contributed by atoms with Crippen LogP contribution in [0.25, 0.3) is 27.9 Å². The summed E-state index contributed by atoms with van der Waals surface area (Å²) in [5.41, 5.74) is 1.02. The molecule has 0 amide bonds. The predicted molar refractivity (Wildman–Crippen MR) is 106 cm³/mol. The van der Waals surface area contributed by atoms with Crippen LogP contribution >= 0.6 is 0 Å². The van der Waals surface area contributed by atoms with Crippen molar-refractivity contribution in [1.29, 1.82) is 0 Å². The van der Waals surface area contributed by atoms with Gasteiger partial charge in [-0.15, -0.1) is 0 Å². The fourth-order valence-corrected chi connectivity index (χ4v) is 3.92. The Kier molecular flexibility index (Phi) is 3.75. The highest BCUT2D eigenvalue weighted by atomic mass is 16.4. The minimum atomic E-state index is -1.21. The van der Waals surface area contributed by atoms with Gasteiger partial charge in [-0.05, 0) is 37.5 Å². The van der Waals surface area contributed by atoms with Gasteiger partial charge in [0.25, 0.3) is 0 Å². The van der Waals surface area contributed by atoms with Crippen LogP contribution in [0.3, 0.4) is 0 Å². The van der Waals surface area contributed by atoms with E-state index in [9.17, 15) is 15.0 Å². The number of piperidine rings is 1. The smallest absolute Gasteiger partial charge is 0.341 e. The molecule has 7 heteroatoms. The Hall–Kier alpha value is -3.48. The standard InChI is InChI=1S/C21H19N3O4/c25-20-15(21(26)27)10-14-11-17(23-8-4-1-5-9-23)24(19(14)22-20)18-12-13-6-2-3-7-16(13)28-18/h2-3,6-7,10-12H,1,4-5,8-9H2,(H,22,25)(H,26,27). The molecule has 0 spiro atoms.